The van der Waals surface area contributed by atoms with Crippen LogP contribution < -0.4 is 5.32 Å². The van der Waals surface area contributed by atoms with E-state index in [0.717, 1.165) is 49.4 Å². The molecule has 0 aliphatic heterocycles. The maximum Gasteiger partial charge on any atom is 0.181 e. The Kier molecular flexibility index (Phi) is 4.84. The Morgan fingerprint density at radius 2 is 1.82 bits per heavy atom. The molecule has 8 nitrogen and oxygen atoms in total. The average molecular weight is 467 g/mol. The molecule has 168 valence electrons. The van der Waals surface area contributed by atoms with Crippen molar-refractivity contribution in [2.24, 2.45) is 0 Å². The van der Waals surface area contributed by atoms with Crippen LogP contribution >= 0.6 is 11.3 Å². The molecule has 6 rings (SSSR count). The third-order valence-corrected chi connectivity index (χ3v) is 6.61. The van der Waals surface area contributed by atoms with E-state index >= 15 is 0 Å². The number of aromatic nitrogens is 7. The molecule has 0 unspecified atom stereocenters. The van der Waals surface area contributed by atoms with E-state index in [0.29, 0.717) is 17.5 Å². The van der Waals surface area contributed by atoms with Crippen LogP contribution in [0.5, 0.6) is 0 Å². The lowest BCUT2D eigenvalue weighted by Crippen LogP contribution is -2.09. The van der Waals surface area contributed by atoms with Gasteiger partial charge in [0, 0.05) is 57.3 Å². The number of thiophene rings is 1. The van der Waals surface area contributed by atoms with Gasteiger partial charge in [-0.05, 0) is 45.0 Å². The zero-order valence-electron chi connectivity index (χ0n) is 18.9. The first-order valence-electron chi connectivity index (χ1n) is 11.0. The molecule has 0 aromatic carbocycles. The molecule has 6 aromatic rings. The average Bonchev–Trinajstić information content (AvgIpc) is 3.55. The smallest absolute Gasteiger partial charge is 0.181 e. The number of aromatic amines is 2. The van der Waals surface area contributed by atoms with Gasteiger partial charge < -0.3 is 10.3 Å². The van der Waals surface area contributed by atoms with Gasteiger partial charge in [0.1, 0.15) is 11.2 Å². The lowest BCUT2D eigenvalue weighted by atomic mass is 10.1. The quantitative estimate of drug-likeness (QED) is 0.296. The zero-order valence-corrected chi connectivity index (χ0v) is 19.7. The van der Waals surface area contributed by atoms with E-state index in [9.17, 15) is 0 Å². The monoisotopic (exact) mass is 466 g/mol. The number of nitrogens with one attached hydrogen (secondary N) is 3. The highest BCUT2D eigenvalue weighted by Gasteiger charge is 2.17. The van der Waals surface area contributed by atoms with Gasteiger partial charge in [-0.25, -0.2) is 9.97 Å². The molecular formula is C25H22N8S. The lowest BCUT2D eigenvalue weighted by molar-refractivity contribution is 0.898. The summed E-state index contributed by atoms with van der Waals surface area (Å²) in [6.45, 7) is 6.31. The lowest BCUT2D eigenvalue weighted by Gasteiger charge is -2.10. The predicted octanol–water partition coefficient (Wildman–Crippen LogP) is 5.82. The van der Waals surface area contributed by atoms with E-state index in [1.165, 1.54) is 4.88 Å². The summed E-state index contributed by atoms with van der Waals surface area (Å²) >= 11 is 1.73. The summed E-state index contributed by atoms with van der Waals surface area (Å²) in [5.74, 6) is 0.701. The summed E-state index contributed by atoms with van der Waals surface area (Å²) in [6.07, 6.45) is 9.16. The van der Waals surface area contributed by atoms with Gasteiger partial charge in [-0.3, -0.25) is 15.1 Å². The normalized spacial score (nSPS) is 11.6. The third kappa shape index (κ3) is 3.60. The molecule has 0 bridgehead atoms. The highest BCUT2D eigenvalue weighted by molar-refractivity contribution is 7.15. The van der Waals surface area contributed by atoms with Crippen molar-refractivity contribution in [2.75, 3.05) is 5.32 Å². The Labute approximate surface area is 199 Å². The Morgan fingerprint density at radius 1 is 0.971 bits per heavy atom. The van der Waals surface area contributed by atoms with Gasteiger partial charge in [0.05, 0.1) is 22.8 Å². The molecule has 0 aliphatic rings. The van der Waals surface area contributed by atoms with Crippen molar-refractivity contribution < 1.29 is 0 Å². The fraction of sp³-hybridized carbons (Fsp3) is 0.160. The SMILES string of the molecule is Cc1ccc(-c2cncc3[nH]c(-c4[nH]nc5ncc(-c6cncc(NC(C)C)c6)cc45)nc23)s1. The molecule has 0 aliphatic carbocycles. The van der Waals surface area contributed by atoms with E-state index in [-0.39, 0.29) is 0 Å². The number of hydrogen-bond donors (Lipinski definition) is 3. The largest absolute Gasteiger partial charge is 0.382 e. The van der Waals surface area contributed by atoms with Gasteiger partial charge in [0.25, 0.3) is 0 Å². The summed E-state index contributed by atoms with van der Waals surface area (Å²) in [4.78, 5) is 24.1. The number of aryl methyl sites for hydroxylation is 1. The molecule has 0 saturated carbocycles. The summed E-state index contributed by atoms with van der Waals surface area (Å²) in [7, 11) is 0. The first-order valence-corrected chi connectivity index (χ1v) is 11.8. The van der Waals surface area contributed by atoms with Crippen LogP contribution in [-0.2, 0) is 0 Å². The first kappa shape index (κ1) is 20.5. The zero-order chi connectivity index (χ0) is 23.2. The summed E-state index contributed by atoms with van der Waals surface area (Å²) < 4.78 is 0. The minimum atomic E-state index is 0.323. The molecule has 6 aromatic heterocycles. The van der Waals surface area contributed by atoms with Gasteiger partial charge in [0.2, 0.25) is 0 Å². The van der Waals surface area contributed by atoms with Crippen LogP contribution in [0.3, 0.4) is 0 Å². The second-order valence-corrected chi connectivity index (χ2v) is 9.82. The van der Waals surface area contributed by atoms with E-state index < -0.39 is 0 Å². The summed E-state index contributed by atoms with van der Waals surface area (Å²) in [6, 6.07) is 8.71. The third-order valence-electron chi connectivity index (χ3n) is 5.57. The second kappa shape index (κ2) is 8.03. The van der Waals surface area contributed by atoms with Gasteiger partial charge in [-0.15, -0.1) is 11.3 Å². The molecule has 0 fully saturated rings. The fourth-order valence-corrected chi connectivity index (χ4v) is 4.94. The molecule has 0 amide bonds. The summed E-state index contributed by atoms with van der Waals surface area (Å²) in [5.41, 5.74) is 7.12. The number of nitrogens with zero attached hydrogens (tertiary/aromatic N) is 5. The Morgan fingerprint density at radius 3 is 2.65 bits per heavy atom. The maximum atomic E-state index is 4.93. The first-order chi connectivity index (χ1) is 16.5. The van der Waals surface area contributed by atoms with Crippen LogP contribution in [0.25, 0.3) is 55.2 Å². The molecule has 0 atom stereocenters. The van der Waals surface area contributed by atoms with Crippen molar-refractivity contribution >= 4 is 39.1 Å². The van der Waals surface area contributed by atoms with Crippen molar-refractivity contribution in [1.29, 1.82) is 0 Å². The number of imidazole rings is 1. The van der Waals surface area contributed by atoms with Crippen LogP contribution in [0.15, 0.2) is 55.2 Å². The van der Waals surface area contributed by atoms with Crippen LogP contribution in [0.2, 0.25) is 0 Å². The number of rotatable bonds is 5. The van der Waals surface area contributed by atoms with Crippen molar-refractivity contribution in [3.8, 4) is 33.1 Å². The van der Waals surface area contributed by atoms with Crippen molar-refractivity contribution in [2.45, 2.75) is 26.8 Å². The maximum absolute atomic E-state index is 4.93. The van der Waals surface area contributed by atoms with Crippen LogP contribution in [0.4, 0.5) is 5.69 Å². The second-order valence-electron chi connectivity index (χ2n) is 8.53. The number of anilines is 1. The minimum Gasteiger partial charge on any atom is -0.382 e. The highest BCUT2D eigenvalue weighted by Crippen LogP contribution is 2.34. The van der Waals surface area contributed by atoms with Gasteiger partial charge in [0.15, 0.2) is 11.5 Å². The topological polar surface area (TPSA) is 108 Å². The molecule has 0 radical (unpaired) electrons. The van der Waals surface area contributed by atoms with Gasteiger partial charge >= 0.3 is 0 Å². The van der Waals surface area contributed by atoms with E-state index in [1.54, 1.807) is 17.5 Å². The summed E-state index contributed by atoms with van der Waals surface area (Å²) in [5, 5.41) is 11.8. The van der Waals surface area contributed by atoms with Crippen molar-refractivity contribution in [1.82, 2.24) is 35.1 Å². The van der Waals surface area contributed by atoms with Crippen molar-refractivity contribution in [3.63, 3.8) is 0 Å². The minimum absolute atomic E-state index is 0.323. The van der Waals surface area contributed by atoms with E-state index in [2.05, 4.69) is 80.5 Å². The van der Waals surface area contributed by atoms with Crippen LogP contribution in [0.1, 0.15) is 18.7 Å². The van der Waals surface area contributed by atoms with Crippen molar-refractivity contribution in [3.05, 3.63) is 60.1 Å². The molecule has 6 heterocycles. The number of pyridine rings is 3. The number of fused-ring (bicyclic) bond motifs is 2. The molecule has 34 heavy (non-hydrogen) atoms. The molecule has 0 saturated heterocycles. The standard InChI is InChI=1S/C25H22N8S/c1-13(2)29-17-6-15(8-26-10-17)16-7-18-23(32-33-24(18)28-9-16)25-30-20-12-27-11-19(22(20)31-25)21-5-4-14(3)34-21/h4-13,29H,1-3H3,(H,30,31)(H,28,32,33). The number of H-pyrrole nitrogens is 2. The van der Waals surface area contributed by atoms with Crippen LogP contribution in [0, 0.1) is 6.92 Å². The predicted molar refractivity (Wildman–Crippen MR) is 137 cm³/mol. The molecule has 0 spiro atoms. The van der Waals surface area contributed by atoms with E-state index in [4.69, 9.17) is 4.98 Å². The molecule has 9 heteroatoms. The Hall–Kier alpha value is -4.11. The molecular weight excluding hydrogens is 444 g/mol. The fourth-order valence-electron chi connectivity index (χ4n) is 4.06. The highest BCUT2D eigenvalue weighted by atomic mass is 32.1. The number of hydrogen-bond acceptors (Lipinski definition) is 7. The Bertz CT molecular complexity index is 1640. The van der Waals surface area contributed by atoms with Gasteiger partial charge in [-0.1, -0.05) is 0 Å². The van der Waals surface area contributed by atoms with Gasteiger partial charge in [-0.2, -0.15) is 5.10 Å². The Balaban J connectivity index is 1.45. The van der Waals surface area contributed by atoms with E-state index in [1.807, 2.05) is 24.8 Å². The molecule has 3 N–H and O–H groups in total. The van der Waals surface area contributed by atoms with Crippen LogP contribution in [-0.4, -0.2) is 41.2 Å².